The zero-order chi connectivity index (χ0) is 13.1. The molecule has 0 spiro atoms. The molecule has 1 saturated carbocycles. The quantitative estimate of drug-likeness (QED) is 0.768. The number of aromatic carboxylic acids is 1. The highest BCUT2D eigenvalue weighted by Gasteiger charge is 2.22. The van der Waals surface area contributed by atoms with Gasteiger partial charge in [0.1, 0.15) is 5.82 Å². The summed E-state index contributed by atoms with van der Waals surface area (Å²) < 4.78 is 13.6. The van der Waals surface area contributed by atoms with Crippen LogP contribution in [0, 0.1) is 11.7 Å². The number of aliphatic hydroxyl groups excluding tert-OH is 1. The fourth-order valence-electron chi connectivity index (χ4n) is 2.28. The smallest absolute Gasteiger partial charge is 0.335 e. The van der Waals surface area contributed by atoms with Crippen LogP contribution in [0.3, 0.4) is 0 Å². The molecule has 1 aliphatic rings. The van der Waals surface area contributed by atoms with E-state index in [-0.39, 0.29) is 11.7 Å². The van der Waals surface area contributed by atoms with Crippen LogP contribution in [-0.4, -0.2) is 28.8 Å². The molecule has 1 aromatic rings. The molecule has 1 aromatic carbocycles. The van der Waals surface area contributed by atoms with Gasteiger partial charge in [0.25, 0.3) is 0 Å². The van der Waals surface area contributed by atoms with E-state index in [1.54, 1.807) is 0 Å². The Morgan fingerprint density at radius 1 is 1.44 bits per heavy atom. The van der Waals surface area contributed by atoms with Crippen molar-refractivity contribution in [2.24, 2.45) is 5.92 Å². The maximum absolute atomic E-state index is 13.6. The number of hydrogen-bond acceptors (Lipinski definition) is 3. The Hall–Kier alpha value is -1.62. The molecule has 2 rings (SSSR count). The number of benzene rings is 1. The van der Waals surface area contributed by atoms with E-state index in [4.69, 9.17) is 5.11 Å². The molecule has 5 heteroatoms. The lowest BCUT2D eigenvalue weighted by Crippen LogP contribution is -2.13. The summed E-state index contributed by atoms with van der Waals surface area (Å²) in [6, 6.07) is 3.82. The summed E-state index contributed by atoms with van der Waals surface area (Å²) >= 11 is 0. The van der Waals surface area contributed by atoms with Gasteiger partial charge in [-0.2, -0.15) is 0 Å². The van der Waals surface area contributed by atoms with Gasteiger partial charge in [-0.15, -0.1) is 0 Å². The highest BCUT2D eigenvalue weighted by Crippen LogP contribution is 2.26. The highest BCUT2D eigenvalue weighted by molar-refractivity contribution is 5.88. The van der Waals surface area contributed by atoms with Crippen molar-refractivity contribution in [2.75, 3.05) is 11.9 Å². The van der Waals surface area contributed by atoms with E-state index in [0.717, 1.165) is 25.3 Å². The average Bonchev–Trinajstić information content (AvgIpc) is 2.73. The first kappa shape index (κ1) is 12.8. The maximum atomic E-state index is 13.6. The minimum atomic E-state index is -1.14. The Kier molecular flexibility index (Phi) is 3.81. The van der Waals surface area contributed by atoms with Crippen molar-refractivity contribution in [1.82, 2.24) is 0 Å². The van der Waals surface area contributed by atoms with Crippen LogP contribution in [0.25, 0.3) is 0 Å². The third kappa shape index (κ3) is 2.98. The van der Waals surface area contributed by atoms with Gasteiger partial charge in [0.15, 0.2) is 0 Å². The summed E-state index contributed by atoms with van der Waals surface area (Å²) in [4.78, 5) is 10.7. The molecule has 0 aliphatic heterocycles. The monoisotopic (exact) mass is 253 g/mol. The fraction of sp³-hybridized carbons (Fsp3) is 0.462. The lowest BCUT2D eigenvalue weighted by molar-refractivity contribution is 0.0696. The summed E-state index contributed by atoms with van der Waals surface area (Å²) in [5.41, 5.74) is 0.246. The zero-order valence-corrected chi connectivity index (χ0v) is 9.90. The van der Waals surface area contributed by atoms with E-state index < -0.39 is 11.8 Å². The van der Waals surface area contributed by atoms with E-state index >= 15 is 0 Å². The van der Waals surface area contributed by atoms with Crippen LogP contribution >= 0.6 is 0 Å². The molecule has 1 aliphatic carbocycles. The molecule has 0 heterocycles. The SMILES string of the molecule is O=C(O)c1ccc(NCC2CCC(O)C2)c(F)c1. The topological polar surface area (TPSA) is 69.6 Å². The molecule has 4 nitrogen and oxygen atoms in total. The van der Waals surface area contributed by atoms with E-state index in [0.29, 0.717) is 18.2 Å². The number of halogens is 1. The van der Waals surface area contributed by atoms with Crippen LogP contribution in [-0.2, 0) is 0 Å². The largest absolute Gasteiger partial charge is 0.478 e. The van der Waals surface area contributed by atoms with Crippen LogP contribution in [0.4, 0.5) is 10.1 Å². The van der Waals surface area contributed by atoms with Crippen LogP contribution in [0.15, 0.2) is 18.2 Å². The summed E-state index contributed by atoms with van der Waals surface area (Å²) in [6.07, 6.45) is 2.23. The lowest BCUT2D eigenvalue weighted by atomic mass is 10.1. The van der Waals surface area contributed by atoms with Crippen molar-refractivity contribution in [1.29, 1.82) is 0 Å². The van der Waals surface area contributed by atoms with Crippen molar-refractivity contribution in [2.45, 2.75) is 25.4 Å². The lowest BCUT2D eigenvalue weighted by Gasteiger charge is -2.12. The Balaban J connectivity index is 1.95. The number of nitrogens with one attached hydrogen (secondary N) is 1. The van der Waals surface area contributed by atoms with E-state index in [1.807, 2.05) is 0 Å². The number of aliphatic hydroxyl groups is 1. The average molecular weight is 253 g/mol. The molecule has 18 heavy (non-hydrogen) atoms. The molecule has 1 fully saturated rings. The fourth-order valence-corrected chi connectivity index (χ4v) is 2.28. The predicted octanol–water partition coefficient (Wildman–Crippen LogP) is 2.10. The van der Waals surface area contributed by atoms with Crippen molar-refractivity contribution < 1.29 is 19.4 Å². The van der Waals surface area contributed by atoms with Gasteiger partial charge in [-0.1, -0.05) is 0 Å². The van der Waals surface area contributed by atoms with Gasteiger partial charge in [-0.25, -0.2) is 9.18 Å². The highest BCUT2D eigenvalue weighted by atomic mass is 19.1. The van der Waals surface area contributed by atoms with E-state index in [2.05, 4.69) is 5.32 Å². The summed E-state index contributed by atoms with van der Waals surface area (Å²) in [5, 5.41) is 21.1. The predicted molar refractivity (Wildman–Crippen MR) is 65.2 cm³/mol. The van der Waals surface area contributed by atoms with Gasteiger partial charge in [0, 0.05) is 6.54 Å². The number of rotatable bonds is 4. The van der Waals surface area contributed by atoms with Crippen LogP contribution in [0.2, 0.25) is 0 Å². The molecule has 0 amide bonds. The summed E-state index contributed by atoms with van der Waals surface area (Å²) in [7, 11) is 0. The molecule has 0 bridgehead atoms. The number of carbonyl (C=O) groups is 1. The second-order valence-corrected chi connectivity index (χ2v) is 4.71. The summed E-state index contributed by atoms with van der Waals surface area (Å²) in [5.74, 6) is -1.36. The first-order chi connectivity index (χ1) is 8.56. The van der Waals surface area contributed by atoms with Crippen molar-refractivity contribution in [3.8, 4) is 0 Å². The number of hydrogen-bond donors (Lipinski definition) is 3. The van der Waals surface area contributed by atoms with Gasteiger partial charge in [0.2, 0.25) is 0 Å². The Morgan fingerprint density at radius 2 is 2.22 bits per heavy atom. The van der Waals surface area contributed by atoms with Gasteiger partial charge < -0.3 is 15.5 Å². The van der Waals surface area contributed by atoms with Crippen molar-refractivity contribution in [3.63, 3.8) is 0 Å². The number of carboxylic acids is 1. The standard InChI is InChI=1S/C13H16FNO3/c14-11-6-9(13(17)18)2-4-12(11)15-7-8-1-3-10(16)5-8/h2,4,6,8,10,15-16H,1,3,5,7H2,(H,17,18). The molecule has 0 aromatic heterocycles. The Bertz CT molecular complexity index is 450. The number of carboxylic acid groups (broad SMARTS) is 1. The van der Waals surface area contributed by atoms with Crippen LogP contribution in [0.1, 0.15) is 29.6 Å². The Morgan fingerprint density at radius 3 is 2.78 bits per heavy atom. The zero-order valence-electron chi connectivity index (χ0n) is 9.90. The molecular weight excluding hydrogens is 237 g/mol. The van der Waals surface area contributed by atoms with Crippen molar-refractivity contribution >= 4 is 11.7 Å². The third-order valence-corrected chi connectivity index (χ3v) is 3.31. The minimum Gasteiger partial charge on any atom is -0.478 e. The summed E-state index contributed by atoms with van der Waals surface area (Å²) in [6.45, 7) is 0.598. The Labute approximate surface area is 104 Å². The van der Waals surface area contributed by atoms with Crippen LogP contribution in [0.5, 0.6) is 0 Å². The second-order valence-electron chi connectivity index (χ2n) is 4.71. The van der Waals surface area contributed by atoms with Crippen molar-refractivity contribution in [3.05, 3.63) is 29.6 Å². The minimum absolute atomic E-state index is 0.0608. The molecule has 2 unspecified atom stereocenters. The molecule has 98 valence electrons. The molecule has 0 saturated heterocycles. The molecule has 0 radical (unpaired) electrons. The van der Waals surface area contributed by atoms with Gasteiger partial charge >= 0.3 is 5.97 Å². The normalized spacial score (nSPS) is 23.0. The second kappa shape index (κ2) is 5.35. The molecule has 2 atom stereocenters. The van der Waals surface area contributed by atoms with Crippen LogP contribution < -0.4 is 5.32 Å². The molecular formula is C13H16FNO3. The first-order valence-electron chi connectivity index (χ1n) is 6.01. The number of anilines is 1. The van der Waals surface area contributed by atoms with Gasteiger partial charge in [0.05, 0.1) is 17.4 Å². The van der Waals surface area contributed by atoms with Gasteiger partial charge in [-0.3, -0.25) is 0 Å². The first-order valence-corrected chi connectivity index (χ1v) is 6.01. The van der Waals surface area contributed by atoms with E-state index in [9.17, 15) is 14.3 Å². The maximum Gasteiger partial charge on any atom is 0.335 e. The molecule has 3 N–H and O–H groups in total. The third-order valence-electron chi connectivity index (χ3n) is 3.31. The van der Waals surface area contributed by atoms with Gasteiger partial charge in [-0.05, 0) is 43.4 Å². The van der Waals surface area contributed by atoms with E-state index in [1.165, 1.54) is 12.1 Å².